The molecule has 7 heteroatoms. The van der Waals surface area contributed by atoms with E-state index in [-0.39, 0.29) is 11.9 Å². The van der Waals surface area contributed by atoms with Crippen LogP contribution in [0.5, 0.6) is 0 Å². The van der Waals surface area contributed by atoms with Crippen LogP contribution in [0.4, 0.5) is 0 Å². The molecule has 1 aromatic heterocycles. The van der Waals surface area contributed by atoms with Gasteiger partial charge >= 0.3 is 0 Å². The van der Waals surface area contributed by atoms with Crippen molar-refractivity contribution in [3.8, 4) is 0 Å². The Bertz CT molecular complexity index is 1000. The summed E-state index contributed by atoms with van der Waals surface area (Å²) in [6.45, 7) is 5.91. The lowest BCUT2D eigenvalue weighted by Crippen LogP contribution is -2.43. The van der Waals surface area contributed by atoms with Gasteiger partial charge in [0.25, 0.3) is 5.91 Å². The van der Waals surface area contributed by atoms with E-state index in [0.717, 1.165) is 18.7 Å². The summed E-state index contributed by atoms with van der Waals surface area (Å²) in [5.41, 5.74) is 3.31. The SMILES string of the molecule is Cc1nn(Cc2ccccc2)c(Cl)c1C(=O)NCC(c1ccccc1)N1CCOCC1. The lowest BCUT2D eigenvalue weighted by atomic mass is 10.0. The number of hydrogen-bond acceptors (Lipinski definition) is 4. The van der Waals surface area contributed by atoms with E-state index < -0.39 is 0 Å². The molecular weight excluding hydrogens is 412 g/mol. The Morgan fingerprint density at radius 2 is 1.74 bits per heavy atom. The molecule has 4 rings (SSSR count). The van der Waals surface area contributed by atoms with Crippen LogP contribution in [-0.4, -0.2) is 53.4 Å². The average Bonchev–Trinajstić information content (AvgIpc) is 3.08. The fourth-order valence-corrected chi connectivity index (χ4v) is 4.29. The Kier molecular flexibility index (Phi) is 7.02. The van der Waals surface area contributed by atoms with Crippen LogP contribution < -0.4 is 5.32 Å². The Balaban J connectivity index is 1.49. The van der Waals surface area contributed by atoms with Crippen molar-refractivity contribution in [2.45, 2.75) is 19.5 Å². The highest BCUT2D eigenvalue weighted by molar-refractivity contribution is 6.33. The van der Waals surface area contributed by atoms with Gasteiger partial charge in [0.1, 0.15) is 5.15 Å². The van der Waals surface area contributed by atoms with Crippen LogP contribution in [-0.2, 0) is 11.3 Å². The number of ether oxygens (including phenoxy) is 1. The topological polar surface area (TPSA) is 59.4 Å². The molecule has 0 spiro atoms. The van der Waals surface area contributed by atoms with Crippen molar-refractivity contribution in [2.24, 2.45) is 0 Å². The summed E-state index contributed by atoms with van der Waals surface area (Å²) in [4.78, 5) is 15.4. The minimum Gasteiger partial charge on any atom is -0.379 e. The molecule has 2 heterocycles. The summed E-state index contributed by atoms with van der Waals surface area (Å²) in [6, 6.07) is 20.3. The third-order valence-electron chi connectivity index (χ3n) is 5.59. The molecule has 1 aliphatic rings. The zero-order valence-electron chi connectivity index (χ0n) is 17.6. The molecule has 3 aromatic rings. The van der Waals surface area contributed by atoms with Gasteiger partial charge in [-0.05, 0) is 18.1 Å². The lowest BCUT2D eigenvalue weighted by Gasteiger charge is -2.34. The average molecular weight is 439 g/mol. The summed E-state index contributed by atoms with van der Waals surface area (Å²) in [6.07, 6.45) is 0. The Labute approximate surface area is 187 Å². The first-order valence-electron chi connectivity index (χ1n) is 10.5. The van der Waals surface area contributed by atoms with E-state index >= 15 is 0 Å². The van der Waals surface area contributed by atoms with Gasteiger partial charge in [0.15, 0.2) is 0 Å². The largest absolute Gasteiger partial charge is 0.379 e. The summed E-state index contributed by atoms with van der Waals surface area (Å²) in [5.74, 6) is -0.198. The number of amides is 1. The van der Waals surface area contributed by atoms with E-state index in [1.807, 2.05) is 55.5 Å². The lowest BCUT2D eigenvalue weighted by molar-refractivity contribution is 0.0162. The van der Waals surface area contributed by atoms with Crippen LogP contribution >= 0.6 is 11.6 Å². The summed E-state index contributed by atoms with van der Waals surface area (Å²) in [7, 11) is 0. The van der Waals surface area contributed by atoms with Crippen molar-refractivity contribution in [1.82, 2.24) is 20.0 Å². The molecule has 1 amide bonds. The molecule has 1 N–H and O–H groups in total. The molecule has 2 aromatic carbocycles. The Morgan fingerprint density at radius 3 is 2.42 bits per heavy atom. The van der Waals surface area contributed by atoms with Crippen LogP contribution in [0.3, 0.4) is 0 Å². The number of morpholine rings is 1. The number of carbonyl (C=O) groups is 1. The molecule has 0 radical (unpaired) electrons. The van der Waals surface area contributed by atoms with Gasteiger partial charge in [0, 0.05) is 19.6 Å². The van der Waals surface area contributed by atoms with E-state index in [1.165, 1.54) is 5.56 Å². The van der Waals surface area contributed by atoms with Gasteiger partial charge in [-0.2, -0.15) is 5.10 Å². The van der Waals surface area contributed by atoms with Gasteiger partial charge in [-0.15, -0.1) is 0 Å². The van der Waals surface area contributed by atoms with Crippen LogP contribution in [0.25, 0.3) is 0 Å². The van der Waals surface area contributed by atoms with E-state index in [2.05, 4.69) is 27.4 Å². The maximum atomic E-state index is 13.1. The van der Waals surface area contributed by atoms with Crippen LogP contribution in [0.15, 0.2) is 60.7 Å². The number of nitrogens with one attached hydrogen (secondary N) is 1. The summed E-state index contributed by atoms with van der Waals surface area (Å²) < 4.78 is 7.18. The number of hydrogen-bond donors (Lipinski definition) is 1. The van der Waals surface area contributed by atoms with Gasteiger partial charge < -0.3 is 10.1 Å². The van der Waals surface area contributed by atoms with Gasteiger partial charge in [-0.25, -0.2) is 4.68 Å². The third-order valence-corrected chi connectivity index (χ3v) is 5.98. The number of aromatic nitrogens is 2. The number of benzene rings is 2. The highest BCUT2D eigenvalue weighted by Gasteiger charge is 2.25. The van der Waals surface area contributed by atoms with Crippen LogP contribution in [0, 0.1) is 6.92 Å². The van der Waals surface area contributed by atoms with E-state index in [4.69, 9.17) is 16.3 Å². The first kappa shape index (κ1) is 21.6. The number of rotatable bonds is 7. The van der Waals surface area contributed by atoms with Crippen LogP contribution in [0.1, 0.15) is 33.2 Å². The molecule has 6 nitrogen and oxygen atoms in total. The maximum Gasteiger partial charge on any atom is 0.256 e. The summed E-state index contributed by atoms with van der Waals surface area (Å²) in [5, 5.41) is 7.96. The Morgan fingerprint density at radius 1 is 1.10 bits per heavy atom. The normalized spacial score (nSPS) is 15.5. The number of nitrogens with zero attached hydrogens (tertiary/aromatic N) is 3. The van der Waals surface area contributed by atoms with Crippen molar-refractivity contribution < 1.29 is 9.53 Å². The molecule has 1 atom stereocenters. The van der Waals surface area contributed by atoms with Crippen molar-refractivity contribution in [3.63, 3.8) is 0 Å². The van der Waals surface area contributed by atoms with Gasteiger partial charge in [0.2, 0.25) is 0 Å². The number of aryl methyl sites for hydroxylation is 1. The summed E-state index contributed by atoms with van der Waals surface area (Å²) >= 11 is 6.57. The van der Waals surface area contributed by atoms with Crippen molar-refractivity contribution in [1.29, 1.82) is 0 Å². The molecule has 0 saturated carbocycles. The molecular formula is C24H27ClN4O2. The molecule has 1 unspecified atom stereocenters. The fraction of sp³-hybridized carbons (Fsp3) is 0.333. The highest BCUT2D eigenvalue weighted by atomic mass is 35.5. The minimum absolute atomic E-state index is 0.0764. The first-order chi connectivity index (χ1) is 15.1. The van der Waals surface area contributed by atoms with Crippen molar-refractivity contribution >= 4 is 17.5 Å². The highest BCUT2D eigenvalue weighted by Crippen LogP contribution is 2.23. The maximum absolute atomic E-state index is 13.1. The van der Waals surface area contributed by atoms with Crippen molar-refractivity contribution in [2.75, 3.05) is 32.8 Å². The first-order valence-corrected chi connectivity index (χ1v) is 10.9. The molecule has 31 heavy (non-hydrogen) atoms. The predicted molar refractivity (Wildman–Crippen MR) is 121 cm³/mol. The van der Waals surface area contributed by atoms with Gasteiger partial charge in [-0.1, -0.05) is 72.3 Å². The van der Waals surface area contributed by atoms with E-state index in [0.29, 0.717) is 42.7 Å². The van der Waals surface area contributed by atoms with Crippen molar-refractivity contribution in [3.05, 3.63) is 88.2 Å². The second kappa shape index (κ2) is 10.1. The third kappa shape index (κ3) is 5.15. The Hall–Kier alpha value is -2.67. The molecule has 162 valence electrons. The zero-order valence-corrected chi connectivity index (χ0v) is 18.4. The van der Waals surface area contributed by atoms with E-state index in [9.17, 15) is 4.79 Å². The standard InChI is InChI=1S/C24H27ClN4O2/c1-18-22(23(25)29(27-18)17-19-8-4-2-5-9-19)24(30)26-16-21(20-10-6-3-7-11-20)28-12-14-31-15-13-28/h2-11,21H,12-17H2,1H3,(H,26,30). The van der Waals surface area contributed by atoms with E-state index in [1.54, 1.807) is 4.68 Å². The number of carbonyl (C=O) groups excluding carboxylic acids is 1. The monoisotopic (exact) mass is 438 g/mol. The minimum atomic E-state index is -0.198. The fourth-order valence-electron chi connectivity index (χ4n) is 3.97. The number of halogens is 1. The second-order valence-electron chi connectivity index (χ2n) is 7.68. The van der Waals surface area contributed by atoms with Crippen LogP contribution in [0.2, 0.25) is 5.15 Å². The molecule has 1 aliphatic heterocycles. The predicted octanol–water partition coefficient (Wildman–Crippen LogP) is 3.70. The molecule has 0 bridgehead atoms. The van der Waals surface area contributed by atoms with Gasteiger partial charge in [0.05, 0.1) is 37.1 Å². The molecule has 0 aliphatic carbocycles. The molecule has 1 fully saturated rings. The zero-order chi connectivity index (χ0) is 21.6. The quantitative estimate of drug-likeness (QED) is 0.611. The second-order valence-corrected chi connectivity index (χ2v) is 8.04. The smallest absolute Gasteiger partial charge is 0.256 e. The van der Waals surface area contributed by atoms with Gasteiger partial charge in [-0.3, -0.25) is 9.69 Å². The molecule has 1 saturated heterocycles.